The largest absolute Gasteiger partial charge is 0.487 e. The minimum Gasteiger partial charge on any atom is -0.487 e. The van der Waals surface area contributed by atoms with Crippen LogP contribution in [0.25, 0.3) is 0 Å². The third kappa shape index (κ3) is 9.37. The molecule has 0 saturated carbocycles. The second kappa shape index (κ2) is 15.1. The van der Waals surface area contributed by atoms with E-state index in [1.165, 1.54) is 12.1 Å². The fourth-order valence-corrected chi connectivity index (χ4v) is 6.99. The molecule has 18 nitrogen and oxygen atoms in total. The minimum absolute atomic E-state index is 0.0348. The Balaban J connectivity index is 1.12. The predicted molar refractivity (Wildman–Crippen MR) is 180 cm³/mol. The summed E-state index contributed by atoms with van der Waals surface area (Å²) in [7, 11) is -4.65. The van der Waals surface area contributed by atoms with Gasteiger partial charge in [-0.15, -0.1) is 0 Å². The summed E-state index contributed by atoms with van der Waals surface area (Å²) in [5, 5.41) is 0. The lowest BCUT2D eigenvalue weighted by Crippen LogP contribution is -2.18. The van der Waals surface area contributed by atoms with Gasteiger partial charge < -0.3 is 75.8 Å². The molecule has 0 spiro atoms. The Kier molecular flexibility index (Phi) is 9.84. The Hall–Kier alpha value is -3.53. The highest BCUT2D eigenvalue weighted by molar-refractivity contribution is 7.91. The number of epoxide rings is 8. The first kappa shape index (κ1) is 35.9. The van der Waals surface area contributed by atoms with Crippen molar-refractivity contribution in [2.75, 3.05) is 106 Å². The van der Waals surface area contributed by atoms with Gasteiger partial charge in [-0.1, -0.05) is 0 Å². The maximum Gasteiger partial charge on any atom is 0.214 e. The summed E-state index contributed by atoms with van der Waals surface area (Å²) in [4.78, 5) is -0.552. The van der Waals surface area contributed by atoms with E-state index in [-0.39, 0.29) is 157 Å². The molecule has 0 bridgehead atoms. The van der Waals surface area contributed by atoms with Gasteiger partial charge in [0, 0.05) is 12.1 Å². The number of ether oxygens (including phenoxy) is 16. The predicted octanol–water partition coefficient (Wildman–Crippen LogP) is 0.740. The summed E-state index contributed by atoms with van der Waals surface area (Å²) in [6.45, 7) is 4.95. The number of hydrogen-bond acceptors (Lipinski definition) is 18. The van der Waals surface area contributed by atoms with Crippen molar-refractivity contribution in [2.24, 2.45) is 0 Å². The second-order valence-corrected chi connectivity index (χ2v) is 16.2. The zero-order valence-corrected chi connectivity index (χ0v) is 30.7. The first-order chi connectivity index (χ1) is 26.9. The van der Waals surface area contributed by atoms with E-state index in [0.29, 0.717) is 52.9 Å². The molecule has 0 amide bonds. The van der Waals surface area contributed by atoms with Gasteiger partial charge in [-0.3, -0.25) is 0 Å². The van der Waals surface area contributed by atoms with Crippen LogP contribution in [0.15, 0.2) is 21.9 Å². The summed E-state index contributed by atoms with van der Waals surface area (Å²) >= 11 is 0. The molecule has 8 heterocycles. The normalized spacial score (nSPS) is 30.1. The van der Waals surface area contributed by atoms with E-state index in [4.69, 9.17) is 75.8 Å². The quantitative estimate of drug-likeness (QED) is 0.120. The van der Waals surface area contributed by atoms with Gasteiger partial charge in [0.25, 0.3) is 0 Å². The van der Waals surface area contributed by atoms with Crippen molar-refractivity contribution in [1.29, 1.82) is 0 Å². The maximum atomic E-state index is 15.5. The molecule has 8 saturated heterocycles. The van der Waals surface area contributed by atoms with Gasteiger partial charge in [-0.05, 0) is 0 Å². The lowest BCUT2D eigenvalue weighted by molar-refractivity contribution is 0.192. The Morgan fingerprint density at radius 2 is 0.582 bits per heavy atom. The van der Waals surface area contributed by atoms with Crippen molar-refractivity contribution < 1.29 is 84.2 Å². The summed E-state index contributed by atoms with van der Waals surface area (Å²) in [5.41, 5.74) is 0. The van der Waals surface area contributed by atoms with E-state index in [1.807, 2.05) is 0 Å². The molecule has 0 aliphatic carbocycles. The maximum absolute atomic E-state index is 15.5. The fraction of sp³-hybridized carbons (Fsp3) is 0.667. The summed E-state index contributed by atoms with van der Waals surface area (Å²) < 4.78 is 125. The van der Waals surface area contributed by atoms with E-state index in [2.05, 4.69) is 0 Å². The van der Waals surface area contributed by atoms with Gasteiger partial charge in [-0.25, -0.2) is 8.42 Å². The SMILES string of the molecule is O=S(=O)(c1cc(OCC2CO2)c(OCC2CO2)c(OCC2CO2)c1OCC1CO1)c1cc(OCC2CO2)c(OCC2CO2)c(OCC2CO2)c1OCC1CO1. The van der Waals surface area contributed by atoms with E-state index >= 15 is 8.42 Å². The first-order valence-corrected chi connectivity index (χ1v) is 20.0. The van der Waals surface area contributed by atoms with Gasteiger partial charge >= 0.3 is 0 Å². The van der Waals surface area contributed by atoms with E-state index in [1.54, 1.807) is 0 Å². The van der Waals surface area contributed by atoms with Crippen LogP contribution in [0, 0.1) is 0 Å². The molecule has 8 fully saturated rings. The molecular formula is C36H42O18S. The van der Waals surface area contributed by atoms with Crippen LogP contribution in [0.2, 0.25) is 0 Å². The standard InChI is InChI=1S/C36H42O18S/c37-55(38,29-1-27(47-11-19-3-39-19)31(49-13-21-5-41-21)35(53-17-25-9-45-25)33(29)51-15-23-7-43-23)30-2-28(48-12-20-4-40-20)32(50-14-22-6-42-22)36(54-18-26-10-46-26)34(30)52-16-24-8-44-24/h1-2,19-26H,3-18H2. The fourth-order valence-electron chi connectivity index (χ4n) is 5.43. The molecule has 300 valence electrons. The molecule has 8 unspecified atom stereocenters. The third-order valence-corrected chi connectivity index (χ3v) is 11.1. The lowest BCUT2D eigenvalue weighted by Gasteiger charge is -2.24. The molecule has 55 heavy (non-hydrogen) atoms. The highest BCUT2D eigenvalue weighted by atomic mass is 32.2. The highest BCUT2D eigenvalue weighted by Gasteiger charge is 2.41. The van der Waals surface area contributed by atoms with Crippen LogP contribution >= 0.6 is 0 Å². The molecule has 10 rings (SSSR count). The van der Waals surface area contributed by atoms with Crippen LogP contribution in [0.4, 0.5) is 0 Å². The topological polar surface area (TPSA) is 208 Å². The second-order valence-electron chi connectivity index (χ2n) is 14.4. The van der Waals surface area contributed by atoms with E-state index in [0.717, 1.165) is 0 Å². The summed E-state index contributed by atoms with van der Waals surface area (Å²) in [6.07, 6.45) is -1.42. The monoisotopic (exact) mass is 794 g/mol. The first-order valence-electron chi connectivity index (χ1n) is 18.6. The number of hydrogen-bond donors (Lipinski definition) is 0. The molecule has 8 aliphatic heterocycles. The van der Waals surface area contributed by atoms with Crippen LogP contribution < -0.4 is 37.9 Å². The number of benzene rings is 2. The smallest absolute Gasteiger partial charge is 0.214 e. The summed E-state index contributed by atoms with van der Waals surface area (Å²) in [5.74, 6) is 0.431. The van der Waals surface area contributed by atoms with Crippen molar-refractivity contribution in [3.8, 4) is 46.0 Å². The molecule has 19 heteroatoms. The molecule has 8 atom stereocenters. The van der Waals surface area contributed by atoms with Crippen LogP contribution in [0.1, 0.15) is 0 Å². The average molecular weight is 795 g/mol. The van der Waals surface area contributed by atoms with Crippen LogP contribution in [0.5, 0.6) is 46.0 Å². The molecule has 2 aromatic carbocycles. The lowest BCUT2D eigenvalue weighted by atomic mass is 10.2. The Labute approximate surface area is 316 Å². The van der Waals surface area contributed by atoms with Crippen LogP contribution in [0.3, 0.4) is 0 Å². The number of sulfone groups is 1. The molecule has 0 N–H and O–H groups in total. The highest BCUT2D eigenvalue weighted by Crippen LogP contribution is 2.55. The third-order valence-electron chi connectivity index (χ3n) is 9.37. The van der Waals surface area contributed by atoms with Gasteiger partial charge in [0.1, 0.15) is 111 Å². The van der Waals surface area contributed by atoms with E-state index in [9.17, 15) is 0 Å². The minimum atomic E-state index is -4.65. The van der Waals surface area contributed by atoms with Crippen molar-refractivity contribution >= 4 is 9.84 Å². The van der Waals surface area contributed by atoms with Crippen molar-refractivity contribution in [3.05, 3.63) is 12.1 Å². The zero-order chi connectivity index (χ0) is 36.9. The summed E-state index contributed by atoms with van der Waals surface area (Å²) in [6, 6.07) is 2.76. The number of rotatable bonds is 26. The van der Waals surface area contributed by atoms with Crippen molar-refractivity contribution in [3.63, 3.8) is 0 Å². The average Bonchev–Trinajstić information content (AvgIpc) is 3.96. The molecule has 2 aromatic rings. The zero-order valence-electron chi connectivity index (χ0n) is 29.8. The molecule has 0 aromatic heterocycles. The van der Waals surface area contributed by atoms with Crippen LogP contribution in [-0.2, 0) is 47.7 Å². The van der Waals surface area contributed by atoms with Gasteiger partial charge in [0.2, 0.25) is 32.8 Å². The van der Waals surface area contributed by atoms with Gasteiger partial charge in [0.15, 0.2) is 23.0 Å². The van der Waals surface area contributed by atoms with Crippen molar-refractivity contribution in [2.45, 2.75) is 58.6 Å². The van der Waals surface area contributed by atoms with Crippen molar-refractivity contribution in [1.82, 2.24) is 0 Å². The van der Waals surface area contributed by atoms with Crippen LogP contribution in [-0.4, -0.2) is 163 Å². The molecular weight excluding hydrogens is 752 g/mol. The Morgan fingerprint density at radius 1 is 0.364 bits per heavy atom. The van der Waals surface area contributed by atoms with Gasteiger partial charge in [-0.2, -0.15) is 0 Å². The Bertz CT molecular complexity index is 1700. The van der Waals surface area contributed by atoms with Gasteiger partial charge in [0.05, 0.1) is 52.9 Å². The Morgan fingerprint density at radius 3 is 0.836 bits per heavy atom. The molecule has 0 radical (unpaired) electrons. The molecule has 8 aliphatic rings. The van der Waals surface area contributed by atoms with E-state index < -0.39 is 9.84 Å².